The first-order chi connectivity index (χ1) is 7.14. The quantitative estimate of drug-likeness (QED) is 0.711. The largest absolute Gasteiger partial charge is 0.480 e. The molecule has 0 unspecified atom stereocenters. The molecule has 15 heavy (non-hydrogen) atoms. The molecule has 2 rings (SSSR count). The van der Waals surface area contributed by atoms with E-state index in [9.17, 15) is 9.59 Å². The van der Waals surface area contributed by atoms with Crippen LogP contribution in [0.4, 0.5) is 4.79 Å². The molecule has 1 saturated carbocycles. The highest BCUT2D eigenvalue weighted by Gasteiger charge is 2.46. The molecule has 2 amide bonds. The van der Waals surface area contributed by atoms with E-state index in [4.69, 9.17) is 5.11 Å². The number of urea groups is 1. The summed E-state index contributed by atoms with van der Waals surface area (Å²) < 4.78 is 0. The highest BCUT2D eigenvalue weighted by molar-refractivity contribution is 5.87. The number of hydrogen-bond acceptors (Lipinski definition) is 2. The van der Waals surface area contributed by atoms with Crippen LogP contribution in [0, 0.1) is 0 Å². The minimum Gasteiger partial charge on any atom is -0.480 e. The average molecular weight is 212 g/mol. The third-order valence-corrected chi connectivity index (χ3v) is 3.36. The van der Waals surface area contributed by atoms with Crippen LogP contribution in [0.1, 0.15) is 32.1 Å². The number of carbonyl (C=O) groups is 2. The van der Waals surface area contributed by atoms with Crippen LogP contribution in [0.25, 0.3) is 0 Å². The highest BCUT2D eigenvalue weighted by Crippen LogP contribution is 2.32. The Morgan fingerprint density at radius 3 is 2.13 bits per heavy atom. The van der Waals surface area contributed by atoms with Crippen LogP contribution in [0.5, 0.6) is 0 Å². The van der Waals surface area contributed by atoms with Crippen molar-refractivity contribution in [3.05, 3.63) is 0 Å². The summed E-state index contributed by atoms with van der Waals surface area (Å²) in [4.78, 5) is 24.4. The first-order valence-corrected chi connectivity index (χ1v) is 5.45. The van der Waals surface area contributed by atoms with E-state index in [1.807, 2.05) is 0 Å². The molecule has 1 heterocycles. The Morgan fingerprint density at radius 2 is 1.73 bits per heavy atom. The zero-order valence-electron chi connectivity index (χ0n) is 8.66. The zero-order valence-corrected chi connectivity index (χ0v) is 8.66. The van der Waals surface area contributed by atoms with E-state index in [1.54, 1.807) is 4.90 Å². The van der Waals surface area contributed by atoms with Crippen molar-refractivity contribution < 1.29 is 14.7 Å². The number of aliphatic carboxylic acids is 1. The van der Waals surface area contributed by atoms with Crippen molar-refractivity contribution in [3.8, 4) is 0 Å². The van der Waals surface area contributed by atoms with Gasteiger partial charge in [-0.3, -0.25) is 0 Å². The van der Waals surface area contributed by atoms with E-state index in [2.05, 4.69) is 5.32 Å². The van der Waals surface area contributed by atoms with E-state index in [1.165, 1.54) is 0 Å². The summed E-state index contributed by atoms with van der Waals surface area (Å²) in [6, 6.07) is -0.213. The lowest BCUT2D eigenvalue weighted by Gasteiger charge is -2.39. The Bertz CT molecular complexity index is 280. The Balaban J connectivity index is 1.94. The van der Waals surface area contributed by atoms with Gasteiger partial charge in [0.2, 0.25) is 0 Å². The fourth-order valence-electron chi connectivity index (χ4n) is 2.13. The van der Waals surface area contributed by atoms with Crippen LogP contribution >= 0.6 is 0 Å². The van der Waals surface area contributed by atoms with Gasteiger partial charge in [-0.2, -0.15) is 0 Å². The number of likely N-dealkylation sites (tertiary alicyclic amines) is 1. The fourth-order valence-corrected chi connectivity index (χ4v) is 2.13. The first kappa shape index (κ1) is 10.3. The molecular formula is C10H16N2O3. The summed E-state index contributed by atoms with van der Waals surface area (Å²) >= 11 is 0. The molecule has 0 aromatic carbocycles. The van der Waals surface area contributed by atoms with Crippen LogP contribution in [0.2, 0.25) is 0 Å². The molecule has 2 N–H and O–H groups in total. The van der Waals surface area contributed by atoms with Gasteiger partial charge in [0.05, 0.1) is 0 Å². The Hall–Kier alpha value is -1.26. The van der Waals surface area contributed by atoms with Crippen LogP contribution < -0.4 is 5.32 Å². The maximum atomic E-state index is 11.7. The first-order valence-electron chi connectivity index (χ1n) is 5.45. The van der Waals surface area contributed by atoms with Crippen molar-refractivity contribution in [2.75, 3.05) is 13.1 Å². The molecule has 1 aliphatic heterocycles. The molecule has 1 aliphatic carbocycles. The number of carboxylic acids is 1. The van der Waals surface area contributed by atoms with Crippen molar-refractivity contribution in [1.29, 1.82) is 0 Å². The summed E-state index contributed by atoms with van der Waals surface area (Å²) in [6.07, 6.45) is 4.04. The van der Waals surface area contributed by atoms with E-state index in [-0.39, 0.29) is 6.03 Å². The predicted octanol–water partition coefficient (Wildman–Crippen LogP) is 0.799. The molecule has 2 fully saturated rings. The van der Waals surface area contributed by atoms with Crippen molar-refractivity contribution in [3.63, 3.8) is 0 Å². The lowest BCUT2D eigenvalue weighted by atomic mass is 9.77. The molecule has 0 spiro atoms. The number of carboxylic acid groups (broad SMARTS) is 1. The smallest absolute Gasteiger partial charge is 0.329 e. The summed E-state index contributed by atoms with van der Waals surface area (Å²) in [6.45, 7) is 1.50. The maximum absolute atomic E-state index is 11.7. The lowest BCUT2D eigenvalue weighted by molar-refractivity contribution is -0.148. The third-order valence-electron chi connectivity index (χ3n) is 3.36. The molecule has 5 heteroatoms. The molecular weight excluding hydrogens is 196 g/mol. The van der Waals surface area contributed by atoms with Gasteiger partial charge < -0.3 is 15.3 Å². The summed E-state index contributed by atoms with van der Waals surface area (Å²) in [5.41, 5.74) is -0.973. The topological polar surface area (TPSA) is 69.6 Å². The molecule has 0 aromatic heterocycles. The second-order valence-electron chi connectivity index (χ2n) is 4.37. The minimum atomic E-state index is -0.973. The van der Waals surface area contributed by atoms with Gasteiger partial charge in [-0.25, -0.2) is 9.59 Å². The molecule has 0 aromatic rings. The van der Waals surface area contributed by atoms with Gasteiger partial charge in [-0.1, -0.05) is 0 Å². The van der Waals surface area contributed by atoms with Gasteiger partial charge in [0.25, 0.3) is 0 Å². The van der Waals surface area contributed by atoms with Gasteiger partial charge in [-0.05, 0) is 32.1 Å². The molecule has 2 aliphatic rings. The van der Waals surface area contributed by atoms with Crippen molar-refractivity contribution >= 4 is 12.0 Å². The van der Waals surface area contributed by atoms with Gasteiger partial charge in [0.15, 0.2) is 0 Å². The van der Waals surface area contributed by atoms with Gasteiger partial charge in [-0.15, -0.1) is 0 Å². The van der Waals surface area contributed by atoms with Crippen LogP contribution in [0.3, 0.4) is 0 Å². The molecule has 1 saturated heterocycles. The van der Waals surface area contributed by atoms with E-state index in [0.717, 1.165) is 32.4 Å². The molecule has 5 nitrogen and oxygen atoms in total. The average Bonchev–Trinajstić information content (AvgIpc) is 2.62. The zero-order chi connectivity index (χ0) is 10.9. The van der Waals surface area contributed by atoms with Crippen molar-refractivity contribution in [2.45, 2.75) is 37.6 Å². The fraction of sp³-hybridized carbons (Fsp3) is 0.800. The molecule has 0 radical (unpaired) electrons. The number of rotatable bonds is 2. The predicted molar refractivity (Wildman–Crippen MR) is 53.6 cm³/mol. The molecule has 84 valence electrons. The van der Waals surface area contributed by atoms with Crippen molar-refractivity contribution in [1.82, 2.24) is 10.2 Å². The summed E-state index contributed by atoms with van der Waals surface area (Å²) in [5, 5.41) is 11.7. The summed E-state index contributed by atoms with van der Waals surface area (Å²) in [5.74, 6) is -0.902. The van der Waals surface area contributed by atoms with Crippen molar-refractivity contribution in [2.24, 2.45) is 0 Å². The number of hydrogen-bond donors (Lipinski definition) is 2. The highest BCUT2D eigenvalue weighted by atomic mass is 16.4. The van der Waals surface area contributed by atoms with Crippen LogP contribution in [-0.4, -0.2) is 40.6 Å². The van der Waals surface area contributed by atoms with E-state index >= 15 is 0 Å². The SMILES string of the molecule is O=C(NC1(C(=O)O)CCC1)N1CCCC1. The summed E-state index contributed by atoms with van der Waals surface area (Å²) in [7, 11) is 0. The second kappa shape index (κ2) is 3.72. The normalized spacial score (nSPS) is 23.3. The maximum Gasteiger partial charge on any atom is 0.329 e. The number of amides is 2. The van der Waals surface area contributed by atoms with Crippen LogP contribution in [0.15, 0.2) is 0 Å². The molecule has 0 bridgehead atoms. The lowest BCUT2D eigenvalue weighted by Crippen LogP contribution is -2.61. The monoisotopic (exact) mass is 212 g/mol. The molecule has 0 atom stereocenters. The van der Waals surface area contributed by atoms with Gasteiger partial charge in [0.1, 0.15) is 5.54 Å². The third kappa shape index (κ3) is 1.78. The van der Waals surface area contributed by atoms with E-state index in [0.29, 0.717) is 12.8 Å². The second-order valence-corrected chi connectivity index (χ2v) is 4.37. The Labute approximate surface area is 88.4 Å². The van der Waals surface area contributed by atoms with Gasteiger partial charge >= 0.3 is 12.0 Å². The standard InChI is InChI=1S/C10H16N2O3/c13-8(14)10(4-3-5-10)11-9(15)12-6-1-2-7-12/h1-7H2,(H,11,15)(H,13,14). The number of carbonyl (C=O) groups excluding carboxylic acids is 1. The minimum absolute atomic E-state index is 0.213. The van der Waals surface area contributed by atoms with Gasteiger partial charge in [0, 0.05) is 13.1 Å². The van der Waals surface area contributed by atoms with E-state index < -0.39 is 11.5 Å². The van der Waals surface area contributed by atoms with Crippen LogP contribution in [-0.2, 0) is 4.79 Å². The Kier molecular flexibility index (Phi) is 2.54. The number of nitrogens with zero attached hydrogens (tertiary/aromatic N) is 1. The number of nitrogens with one attached hydrogen (secondary N) is 1. The Morgan fingerprint density at radius 1 is 1.13 bits per heavy atom.